The average molecular weight is 329 g/mol. The zero-order valence-corrected chi connectivity index (χ0v) is 14.1. The first-order chi connectivity index (χ1) is 12.2. The summed E-state index contributed by atoms with van der Waals surface area (Å²) in [5, 5.41) is 1.09. The molecule has 5 heteroatoms. The van der Waals surface area contributed by atoms with Crippen LogP contribution in [0.25, 0.3) is 16.5 Å². The van der Waals surface area contributed by atoms with Crippen molar-refractivity contribution < 1.29 is 0 Å². The van der Waals surface area contributed by atoms with E-state index >= 15 is 0 Å². The lowest BCUT2D eigenvalue weighted by atomic mass is 10.0. The molecule has 4 rings (SSSR count). The Morgan fingerprint density at radius 3 is 2.88 bits per heavy atom. The van der Waals surface area contributed by atoms with E-state index in [9.17, 15) is 0 Å². The topological polar surface area (TPSA) is 67.4 Å². The number of hydrogen-bond acceptors (Lipinski definition) is 5. The molecule has 0 aliphatic carbocycles. The third-order valence-corrected chi connectivity index (χ3v) is 4.38. The van der Waals surface area contributed by atoms with Crippen LogP contribution in [0.15, 0.2) is 59.9 Å². The molecular weight excluding hydrogens is 310 g/mol. The number of nitrogens with zero attached hydrogens (tertiary/aromatic N) is 4. The van der Waals surface area contributed by atoms with Crippen molar-refractivity contribution in [1.82, 2.24) is 9.97 Å². The molecule has 2 N–H and O–H groups in total. The third-order valence-electron chi connectivity index (χ3n) is 4.38. The largest absolute Gasteiger partial charge is 0.384 e. The number of nitrogen functional groups attached to an aromatic ring is 1. The molecule has 0 saturated carbocycles. The zero-order valence-electron chi connectivity index (χ0n) is 14.1. The lowest BCUT2D eigenvalue weighted by Gasteiger charge is -2.21. The summed E-state index contributed by atoms with van der Waals surface area (Å²) in [6.07, 6.45) is 7.56. The molecule has 3 heterocycles. The second-order valence-corrected chi connectivity index (χ2v) is 6.20. The molecule has 0 bridgehead atoms. The maximum absolute atomic E-state index is 6.07. The van der Waals surface area contributed by atoms with Gasteiger partial charge in [-0.25, -0.2) is 4.98 Å². The quantitative estimate of drug-likeness (QED) is 0.797. The number of aliphatic imine (C=N–C) groups is 1. The Labute approximate surface area is 146 Å². The fraction of sp³-hybridized carbons (Fsp3) is 0.150. The van der Waals surface area contributed by atoms with E-state index in [0.717, 1.165) is 40.8 Å². The van der Waals surface area contributed by atoms with E-state index in [1.807, 2.05) is 30.6 Å². The molecule has 25 heavy (non-hydrogen) atoms. The molecule has 0 unspecified atom stereocenters. The number of allylic oxidation sites excluding steroid dienone is 1. The summed E-state index contributed by atoms with van der Waals surface area (Å²) in [6.45, 7) is 1.48. The number of pyridine rings is 2. The minimum Gasteiger partial charge on any atom is -0.384 e. The Bertz CT molecular complexity index is 976. The molecule has 3 aromatic rings. The number of rotatable bonds is 4. The van der Waals surface area contributed by atoms with Crippen LogP contribution in [0, 0.1) is 0 Å². The average Bonchev–Trinajstić information content (AvgIpc) is 3.16. The molecule has 2 aromatic heterocycles. The Hall–Kier alpha value is -3.21. The van der Waals surface area contributed by atoms with Gasteiger partial charge in [-0.15, -0.1) is 0 Å². The predicted octanol–water partition coefficient (Wildman–Crippen LogP) is 3.32. The lowest BCUT2D eigenvalue weighted by molar-refractivity contribution is 0.919. The molecule has 0 spiro atoms. The van der Waals surface area contributed by atoms with Gasteiger partial charge in [-0.2, -0.15) is 0 Å². The second-order valence-electron chi connectivity index (χ2n) is 6.20. The van der Waals surface area contributed by atoms with Gasteiger partial charge in [-0.05, 0) is 34.9 Å². The molecule has 1 aliphatic rings. The molecule has 0 fully saturated rings. The molecule has 5 nitrogen and oxygen atoms in total. The Morgan fingerprint density at radius 2 is 2.12 bits per heavy atom. The summed E-state index contributed by atoms with van der Waals surface area (Å²) in [6, 6.07) is 12.3. The standard InChI is InChI=1S/C20H19N5/c1-25(13-14-3-2-7-22-11-14)19-10-20(21)24-18-9-15(4-5-17(18)19)16-6-8-23-12-16/h2-11H,12-13H2,1H3,(H2,21,24). The van der Waals surface area contributed by atoms with Crippen LogP contribution in [0.1, 0.15) is 11.1 Å². The van der Waals surface area contributed by atoms with Crippen LogP contribution >= 0.6 is 0 Å². The fourth-order valence-electron chi connectivity index (χ4n) is 3.13. The number of benzene rings is 1. The normalized spacial score (nSPS) is 13.2. The van der Waals surface area contributed by atoms with Crippen LogP contribution in [0.2, 0.25) is 0 Å². The van der Waals surface area contributed by atoms with Crippen LogP contribution in [0.4, 0.5) is 11.5 Å². The molecular formula is C20H19N5. The number of aromatic nitrogens is 2. The minimum absolute atomic E-state index is 0.523. The highest BCUT2D eigenvalue weighted by atomic mass is 15.1. The molecule has 0 atom stereocenters. The van der Waals surface area contributed by atoms with Crippen molar-refractivity contribution in [2.24, 2.45) is 4.99 Å². The molecule has 124 valence electrons. The van der Waals surface area contributed by atoms with Gasteiger partial charge in [0.05, 0.1) is 12.1 Å². The lowest BCUT2D eigenvalue weighted by Crippen LogP contribution is -2.17. The summed E-state index contributed by atoms with van der Waals surface area (Å²) in [5.41, 5.74) is 11.5. The van der Waals surface area contributed by atoms with E-state index in [1.165, 1.54) is 5.57 Å². The molecule has 0 amide bonds. The summed E-state index contributed by atoms with van der Waals surface area (Å²) in [7, 11) is 2.06. The first kappa shape index (κ1) is 15.3. The SMILES string of the molecule is CN(Cc1cccnc1)c1cc(N)nc2cc(C3=CC=NC3)ccc12. The first-order valence-corrected chi connectivity index (χ1v) is 8.20. The van der Waals surface area contributed by atoms with E-state index < -0.39 is 0 Å². The Balaban J connectivity index is 1.73. The van der Waals surface area contributed by atoms with Crippen LogP contribution in [-0.2, 0) is 6.54 Å². The zero-order chi connectivity index (χ0) is 17.2. The van der Waals surface area contributed by atoms with Crippen molar-refractivity contribution >= 4 is 34.2 Å². The fourth-order valence-corrected chi connectivity index (χ4v) is 3.13. The van der Waals surface area contributed by atoms with Crippen LogP contribution in [0.5, 0.6) is 0 Å². The van der Waals surface area contributed by atoms with Gasteiger partial charge < -0.3 is 10.6 Å². The summed E-state index contributed by atoms with van der Waals surface area (Å²) in [5.74, 6) is 0.523. The van der Waals surface area contributed by atoms with Crippen molar-refractivity contribution in [3.8, 4) is 0 Å². The van der Waals surface area contributed by atoms with E-state index in [0.29, 0.717) is 5.82 Å². The monoisotopic (exact) mass is 329 g/mol. The molecule has 1 aromatic carbocycles. The Kier molecular flexibility index (Phi) is 3.90. The Morgan fingerprint density at radius 1 is 1.20 bits per heavy atom. The van der Waals surface area contributed by atoms with Crippen molar-refractivity contribution in [2.45, 2.75) is 6.54 Å². The van der Waals surface area contributed by atoms with Crippen molar-refractivity contribution in [3.05, 3.63) is 66.0 Å². The number of anilines is 2. The van der Waals surface area contributed by atoms with E-state index in [1.54, 1.807) is 6.20 Å². The number of fused-ring (bicyclic) bond motifs is 1. The van der Waals surface area contributed by atoms with E-state index in [-0.39, 0.29) is 0 Å². The summed E-state index contributed by atoms with van der Waals surface area (Å²) in [4.78, 5) is 15.1. The van der Waals surface area contributed by atoms with Gasteiger partial charge >= 0.3 is 0 Å². The van der Waals surface area contributed by atoms with Gasteiger partial charge in [0.25, 0.3) is 0 Å². The highest BCUT2D eigenvalue weighted by molar-refractivity contribution is 5.97. The molecule has 0 radical (unpaired) electrons. The van der Waals surface area contributed by atoms with Gasteiger partial charge in [0.2, 0.25) is 0 Å². The smallest absolute Gasteiger partial charge is 0.126 e. The van der Waals surface area contributed by atoms with Gasteiger partial charge in [0, 0.05) is 49.3 Å². The van der Waals surface area contributed by atoms with Crippen LogP contribution < -0.4 is 10.6 Å². The van der Waals surface area contributed by atoms with Crippen molar-refractivity contribution in [3.63, 3.8) is 0 Å². The summed E-state index contributed by atoms with van der Waals surface area (Å²) < 4.78 is 0. The molecule has 1 aliphatic heterocycles. The van der Waals surface area contributed by atoms with Gasteiger partial charge in [0.15, 0.2) is 0 Å². The number of nitrogens with two attached hydrogens (primary N) is 1. The van der Waals surface area contributed by atoms with Gasteiger partial charge in [-0.3, -0.25) is 9.98 Å². The van der Waals surface area contributed by atoms with Crippen LogP contribution in [0.3, 0.4) is 0 Å². The first-order valence-electron chi connectivity index (χ1n) is 8.20. The maximum atomic E-state index is 6.07. The van der Waals surface area contributed by atoms with Crippen molar-refractivity contribution in [1.29, 1.82) is 0 Å². The summed E-state index contributed by atoms with van der Waals surface area (Å²) >= 11 is 0. The van der Waals surface area contributed by atoms with E-state index in [2.05, 4.69) is 51.2 Å². The highest BCUT2D eigenvalue weighted by Crippen LogP contribution is 2.30. The van der Waals surface area contributed by atoms with Crippen LogP contribution in [-0.4, -0.2) is 29.8 Å². The second kappa shape index (κ2) is 6.36. The predicted molar refractivity (Wildman–Crippen MR) is 104 cm³/mol. The molecule has 0 saturated heterocycles. The number of hydrogen-bond donors (Lipinski definition) is 1. The minimum atomic E-state index is 0.523. The van der Waals surface area contributed by atoms with E-state index in [4.69, 9.17) is 5.73 Å². The van der Waals surface area contributed by atoms with Crippen molar-refractivity contribution in [2.75, 3.05) is 24.2 Å². The van der Waals surface area contributed by atoms with Gasteiger partial charge in [0.1, 0.15) is 5.82 Å². The maximum Gasteiger partial charge on any atom is 0.126 e. The highest BCUT2D eigenvalue weighted by Gasteiger charge is 2.12. The third kappa shape index (κ3) is 3.08. The van der Waals surface area contributed by atoms with Gasteiger partial charge in [-0.1, -0.05) is 18.2 Å².